The van der Waals surface area contributed by atoms with Crippen molar-refractivity contribution in [2.24, 2.45) is 0 Å². The van der Waals surface area contributed by atoms with Crippen LogP contribution in [0.3, 0.4) is 0 Å². The number of thiol groups is 1. The summed E-state index contributed by atoms with van der Waals surface area (Å²) in [6.07, 6.45) is 3.16. The largest absolute Gasteiger partial charge is 0.471 e. The van der Waals surface area contributed by atoms with Crippen molar-refractivity contribution in [3.05, 3.63) is 18.6 Å². The van der Waals surface area contributed by atoms with Gasteiger partial charge in [-0.15, -0.1) is 12.6 Å². The number of furan rings is 1. The molecule has 0 saturated heterocycles. The molecule has 0 fully saturated rings. The third-order valence-electron chi connectivity index (χ3n) is 0.506. The van der Waals surface area contributed by atoms with E-state index in [1.807, 2.05) is 0 Å². The van der Waals surface area contributed by atoms with Gasteiger partial charge in [0.2, 0.25) is 0 Å². The summed E-state index contributed by atoms with van der Waals surface area (Å²) >= 11 is 3.94. The maximum atomic E-state index is 4.64. The van der Waals surface area contributed by atoms with Gasteiger partial charge in [0.15, 0.2) is 0 Å². The third kappa shape index (κ3) is 0.571. The van der Waals surface area contributed by atoms with Crippen LogP contribution in [0, 0.1) is 0 Å². The lowest BCUT2D eigenvalue weighted by atomic mass is 10.7. The van der Waals surface area contributed by atoms with Crippen molar-refractivity contribution >= 4 is 12.6 Å². The zero-order valence-electron chi connectivity index (χ0n) is 3.09. The van der Waals surface area contributed by atoms with Crippen molar-refractivity contribution in [1.29, 1.82) is 0 Å². The second kappa shape index (κ2) is 1.39. The van der Waals surface area contributed by atoms with Gasteiger partial charge in [0.05, 0.1) is 6.26 Å². The molecule has 2 heteroatoms. The van der Waals surface area contributed by atoms with Gasteiger partial charge in [-0.25, -0.2) is 0 Å². The lowest BCUT2D eigenvalue weighted by Crippen LogP contribution is -1.37. The van der Waals surface area contributed by atoms with Crippen LogP contribution in [-0.4, -0.2) is 0 Å². The van der Waals surface area contributed by atoms with Gasteiger partial charge in [0.1, 0.15) is 6.26 Å². The number of hydrogen-bond acceptors (Lipinski definition) is 2. The van der Waals surface area contributed by atoms with Crippen LogP contribution in [0.4, 0.5) is 0 Å². The Bertz CT molecular complexity index is 111. The Balaban J connectivity index is 3.05. The third-order valence-corrected chi connectivity index (χ3v) is 0.761. The van der Waals surface area contributed by atoms with Gasteiger partial charge in [-0.05, 0) is 6.07 Å². The molecule has 0 N–H and O–H groups in total. The normalized spacial score (nSPS) is 8.83. The molecule has 0 spiro atoms. The smallest absolute Gasteiger partial charge is 0.104 e. The molecule has 0 unspecified atom stereocenters. The monoisotopic (exact) mass is 100.0 g/mol. The van der Waals surface area contributed by atoms with Crippen LogP contribution in [0.5, 0.6) is 0 Å². The predicted octanol–water partition coefficient (Wildman–Crippen LogP) is 1.57. The van der Waals surface area contributed by atoms with Crippen molar-refractivity contribution < 1.29 is 4.42 Å². The molecule has 0 aliphatic rings. The SMILES string of the molecule is Sc1ccoc1. The molecule has 0 atom stereocenters. The van der Waals surface area contributed by atoms with Crippen LogP contribution in [0.25, 0.3) is 0 Å². The molecule has 1 nitrogen and oxygen atoms in total. The minimum Gasteiger partial charge on any atom is -0.471 e. The molecular weight excluding hydrogens is 96.1 g/mol. The topological polar surface area (TPSA) is 13.1 Å². The Morgan fingerprint density at radius 3 is 2.67 bits per heavy atom. The second-order valence-corrected chi connectivity index (χ2v) is 1.50. The van der Waals surface area contributed by atoms with E-state index in [9.17, 15) is 0 Å². The fraction of sp³-hybridized carbons (Fsp3) is 0. The van der Waals surface area contributed by atoms with Crippen LogP contribution in [-0.2, 0) is 0 Å². The number of hydrogen-bond donors (Lipinski definition) is 1. The number of rotatable bonds is 0. The van der Waals surface area contributed by atoms with E-state index in [4.69, 9.17) is 0 Å². The van der Waals surface area contributed by atoms with E-state index in [-0.39, 0.29) is 0 Å². The molecule has 0 aliphatic carbocycles. The van der Waals surface area contributed by atoms with Crippen molar-refractivity contribution in [3.8, 4) is 0 Å². The van der Waals surface area contributed by atoms with Gasteiger partial charge in [0.25, 0.3) is 0 Å². The maximum Gasteiger partial charge on any atom is 0.104 e. The fourth-order valence-electron chi connectivity index (χ4n) is 0.257. The van der Waals surface area contributed by atoms with Crippen LogP contribution < -0.4 is 0 Å². The fourth-order valence-corrected chi connectivity index (χ4v) is 0.379. The summed E-state index contributed by atoms with van der Waals surface area (Å²) in [5.41, 5.74) is 0. The second-order valence-electron chi connectivity index (χ2n) is 0.982. The Hall–Kier alpha value is -0.370. The highest BCUT2D eigenvalue weighted by molar-refractivity contribution is 7.80. The summed E-state index contributed by atoms with van der Waals surface area (Å²) < 4.78 is 4.64. The summed E-state index contributed by atoms with van der Waals surface area (Å²) in [6, 6.07) is 1.78. The van der Waals surface area contributed by atoms with Gasteiger partial charge >= 0.3 is 0 Å². The summed E-state index contributed by atoms with van der Waals surface area (Å²) in [4.78, 5) is 0.870. The summed E-state index contributed by atoms with van der Waals surface area (Å²) in [5.74, 6) is 0. The Morgan fingerprint density at radius 2 is 2.50 bits per heavy atom. The van der Waals surface area contributed by atoms with E-state index in [1.54, 1.807) is 18.6 Å². The molecular formula is C4H4OS. The molecule has 6 heavy (non-hydrogen) atoms. The van der Waals surface area contributed by atoms with Gasteiger partial charge in [-0.2, -0.15) is 0 Å². The Kier molecular flexibility index (Phi) is 0.881. The van der Waals surface area contributed by atoms with Gasteiger partial charge in [0, 0.05) is 4.90 Å². The highest BCUT2D eigenvalue weighted by atomic mass is 32.1. The van der Waals surface area contributed by atoms with E-state index in [1.165, 1.54) is 0 Å². The van der Waals surface area contributed by atoms with Crippen molar-refractivity contribution in [2.45, 2.75) is 4.90 Å². The molecule has 0 bridgehead atoms. The van der Waals surface area contributed by atoms with E-state index in [0.29, 0.717) is 0 Å². The molecule has 0 aromatic carbocycles. The molecule has 1 aromatic heterocycles. The average molecular weight is 100 g/mol. The zero-order chi connectivity index (χ0) is 4.41. The molecule has 0 amide bonds. The van der Waals surface area contributed by atoms with E-state index in [2.05, 4.69) is 17.0 Å². The first-order valence-corrected chi connectivity index (χ1v) is 2.05. The molecule has 1 rings (SSSR count). The Morgan fingerprint density at radius 1 is 1.67 bits per heavy atom. The van der Waals surface area contributed by atoms with E-state index < -0.39 is 0 Å². The lowest BCUT2D eigenvalue weighted by Gasteiger charge is -1.62. The lowest BCUT2D eigenvalue weighted by molar-refractivity contribution is 0.562. The van der Waals surface area contributed by atoms with Crippen LogP contribution in [0.15, 0.2) is 27.9 Å². The van der Waals surface area contributed by atoms with Crippen molar-refractivity contribution in [2.75, 3.05) is 0 Å². The van der Waals surface area contributed by atoms with Crippen molar-refractivity contribution in [3.63, 3.8) is 0 Å². The van der Waals surface area contributed by atoms with Gasteiger partial charge in [-0.3, -0.25) is 0 Å². The van der Waals surface area contributed by atoms with Crippen LogP contribution in [0.2, 0.25) is 0 Å². The summed E-state index contributed by atoms with van der Waals surface area (Å²) in [6.45, 7) is 0. The van der Waals surface area contributed by atoms with E-state index in [0.717, 1.165) is 4.90 Å². The molecule has 0 radical (unpaired) electrons. The van der Waals surface area contributed by atoms with Crippen LogP contribution >= 0.6 is 12.6 Å². The standard InChI is InChI=1S/C4H4OS/c6-4-1-2-5-3-4/h1-3,6H. The molecule has 1 aromatic rings. The first-order valence-electron chi connectivity index (χ1n) is 1.61. The minimum atomic E-state index is 0.870. The first kappa shape index (κ1) is 3.81. The highest BCUT2D eigenvalue weighted by Crippen LogP contribution is 2.02. The maximum absolute atomic E-state index is 4.64. The predicted molar refractivity (Wildman–Crippen MR) is 26.0 cm³/mol. The van der Waals surface area contributed by atoms with Crippen molar-refractivity contribution in [1.82, 2.24) is 0 Å². The van der Waals surface area contributed by atoms with Crippen LogP contribution in [0.1, 0.15) is 0 Å². The Labute approximate surface area is 41.4 Å². The van der Waals surface area contributed by atoms with E-state index >= 15 is 0 Å². The van der Waals surface area contributed by atoms with Gasteiger partial charge < -0.3 is 4.42 Å². The zero-order valence-corrected chi connectivity index (χ0v) is 3.98. The van der Waals surface area contributed by atoms with Gasteiger partial charge in [-0.1, -0.05) is 0 Å². The minimum absolute atomic E-state index is 0.870. The molecule has 0 saturated carbocycles. The first-order chi connectivity index (χ1) is 2.89. The summed E-state index contributed by atoms with van der Waals surface area (Å²) in [7, 11) is 0. The highest BCUT2D eigenvalue weighted by Gasteiger charge is 1.77. The molecule has 32 valence electrons. The molecule has 0 aliphatic heterocycles. The quantitative estimate of drug-likeness (QED) is 0.488. The summed E-state index contributed by atoms with van der Waals surface area (Å²) in [5, 5.41) is 0. The molecule has 1 heterocycles. The average Bonchev–Trinajstić information content (AvgIpc) is 1.86.